The molecule has 6 nitrogen and oxygen atoms in total. The van der Waals surface area contributed by atoms with Gasteiger partial charge in [-0.2, -0.15) is 0 Å². The van der Waals surface area contributed by atoms with Gasteiger partial charge in [0.2, 0.25) is 0 Å². The van der Waals surface area contributed by atoms with Gasteiger partial charge in [-0.05, 0) is 26.0 Å². The van der Waals surface area contributed by atoms with Gasteiger partial charge in [0.1, 0.15) is 12.2 Å². The lowest BCUT2D eigenvalue weighted by Crippen LogP contribution is -2.12. The Labute approximate surface area is 131 Å². The molecule has 2 heterocycles. The van der Waals surface area contributed by atoms with Crippen LogP contribution in [0.25, 0.3) is 5.69 Å². The number of para-hydroxylation sites is 1. The lowest BCUT2D eigenvalue weighted by molar-refractivity contribution is 0.848. The van der Waals surface area contributed by atoms with Crippen molar-refractivity contribution in [2.75, 3.05) is 0 Å². The predicted octanol–water partition coefficient (Wildman–Crippen LogP) is 2.51. The van der Waals surface area contributed by atoms with E-state index in [0.717, 1.165) is 10.8 Å². The second-order valence-electron chi connectivity index (χ2n) is 4.85. The standard InChI is InChI=1S/C15H15N5OS/c1-10-8-13(21)18-14(17-10)11(2)22-15-19-16-9-20(15)12-6-4-3-5-7-12/h3-9,11H,1-2H3,(H,17,18,21)/t11-/m1/s1. The summed E-state index contributed by atoms with van der Waals surface area (Å²) in [5.74, 6) is 0.637. The van der Waals surface area contributed by atoms with Crippen LogP contribution in [0, 0.1) is 6.92 Å². The highest BCUT2D eigenvalue weighted by atomic mass is 32.2. The van der Waals surface area contributed by atoms with Crippen molar-refractivity contribution in [3.63, 3.8) is 0 Å². The Balaban J connectivity index is 1.88. The van der Waals surface area contributed by atoms with Gasteiger partial charge >= 0.3 is 0 Å². The molecule has 0 fully saturated rings. The largest absolute Gasteiger partial charge is 0.310 e. The Morgan fingerprint density at radius 3 is 2.77 bits per heavy atom. The molecular weight excluding hydrogens is 298 g/mol. The van der Waals surface area contributed by atoms with Crippen molar-refractivity contribution in [1.29, 1.82) is 0 Å². The molecule has 1 atom stereocenters. The molecule has 0 saturated carbocycles. The summed E-state index contributed by atoms with van der Waals surface area (Å²) < 4.78 is 1.91. The summed E-state index contributed by atoms with van der Waals surface area (Å²) in [5.41, 5.74) is 1.56. The summed E-state index contributed by atoms with van der Waals surface area (Å²) >= 11 is 1.50. The molecule has 22 heavy (non-hydrogen) atoms. The summed E-state index contributed by atoms with van der Waals surface area (Å²) in [4.78, 5) is 18.7. The van der Waals surface area contributed by atoms with E-state index in [9.17, 15) is 4.79 Å². The first kappa shape index (κ1) is 14.5. The van der Waals surface area contributed by atoms with Gasteiger partial charge in [0.05, 0.1) is 5.25 Å². The number of hydrogen-bond donors (Lipinski definition) is 1. The van der Waals surface area contributed by atoms with Crippen LogP contribution < -0.4 is 5.56 Å². The number of nitrogens with zero attached hydrogens (tertiary/aromatic N) is 4. The number of aromatic nitrogens is 5. The summed E-state index contributed by atoms with van der Waals surface area (Å²) in [5, 5.41) is 8.85. The van der Waals surface area contributed by atoms with E-state index in [4.69, 9.17) is 0 Å². The zero-order chi connectivity index (χ0) is 15.5. The molecular formula is C15H15N5OS. The minimum absolute atomic E-state index is 0.0423. The summed E-state index contributed by atoms with van der Waals surface area (Å²) in [6, 6.07) is 11.4. The first-order valence-corrected chi connectivity index (χ1v) is 7.71. The molecule has 0 unspecified atom stereocenters. The highest BCUT2D eigenvalue weighted by Crippen LogP contribution is 2.32. The van der Waals surface area contributed by atoms with Crippen LogP contribution in [-0.2, 0) is 0 Å². The maximum Gasteiger partial charge on any atom is 0.251 e. The number of benzene rings is 1. The van der Waals surface area contributed by atoms with Crippen LogP contribution in [0.2, 0.25) is 0 Å². The van der Waals surface area contributed by atoms with Crippen molar-refractivity contribution in [3.8, 4) is 5.69 Å². The van der Waals surface area contributed by atoms with Crippen LogP contribution in [0.15, 0.2) is 52.7 Å². The molecule has 112 valence electrons. The molecule has 7 heteroatoms. The van der Waals surface area contributed by atoms with E-state index in [1.165, 1.54) is 17.8 Å². The predicted molar refractivity (Wildman–Crippen MR) is 85.2 cm³/mol. The Morgan fingerprint density at radius 2 is 2.05 bits per heavy atom. The SMILES string of the molecule is Cc1cc(=O)[nH]c([C@@H](C)Sc2nncn2-c2ccccc2)n1. The third kappa shape index (κ3) is 3.09. The number of aromatic amines is 1. The minimum atomic E-state index is -0.139. The van der Waals surface area contributed by atoms with Gasteiger partial charge in [-0.3, -0.25) is 9.36 Å². The lowest BCUT2D eigenvalue weighted by Gasteiger charge is -2.11. The summed E-state index contributed by atoms with van der Waals surface area (Å²) in [6.07, 6.45) is 1.68. The first-order chi connectivity index (χ1) is 10.6. The van der Waals surface area contributed by atoms with E-state index in [-0.39, 0.29) is 10.8 Å². The van der Waals surface area contributed by atoms with Crippen LogP contribution in [0.1, 0.15) is 23.7 Å². The van der Waals surface area contributed by atoms with Crippen LogP contribution in [0.5, 0.6) is 0 Å². The number of aryl methyl sites for hydroxylation is 1. The number of hydrogen-bond acceptors (Lipinski definition) is 5. The van der Waals surface area contributed by atoms with Crippen LogP contribution in [0.4, 0.5) is 0 Å². The molecule has 3 rings (SSSR count). The fraction of sp³-hybridized carbons (Fsp3) is 0.200. The maximum absolute atomic E-state index is 11.6. The molecule has 2 aromatic heterocycles. The molecule has 0 aliphatic heterocycles. The van der Waals surface area contributed by atoms with Crippen LogP contribution >= 0.6 is 11.8 Å². The summed E-state index contributed by atoms with van der Waals surface area (Å²) in [7, 11) is 0. The van der Waals surface area contributed by atoms with Crippen molar-refractivity contribution in [2.45, 2.75) is 24.3 Å². The second kappa shape index (κ2) is 6.15. The van der Waals surface area contributed by atoms with Gasteiger partial charge < -0.3 is 4.98 Å². The second-order valence-corrected chi connectivity index (χ2v) is 6.16. The van der Waals surface area contributed by atoms with E-state index in [2.05, 4.69) is 20.2 Å². The molecule has 0 aliphatic carbocycles. The number of nitrogens with one attached hydrogen (secondary N) is 1. The van der Waals surface area contributed by atoms with E-state index in [1.54, 1.807) is 6.33 Å². The third-order valence-electron chi connectivity index (χ3n) is 3.11. The monoisotopic (exact) mass is 313 g/mol. The van der Waals surface area contributed by atoms with Gasteiger partial charge in [-0.15, -0.1) is 10.2 Å². The smallest absolute Gasteiger partial charge is 0.251 e. The molecule has 0 saturated heterocycles. The van der Waals surface area contributed by atoms with Crippen molar-refractivity contribution in [3.05, 3.63) is 64.6 Å². The number of H-pyrrole nitrogens is 1. The van der Waals surface area contributed by atoms with E-state index in [1.807, 2.05) is 48.7 Å². The van der Waals surface area contributed by atoms with Gasteiger partial charge in [0, 0.05) is 17.4 Å². The lowest BCUT2D eigenvalue weighted by atomic mass is 10.3. The van der Waals surface area contributed by atoms with E-state index < -0.39 is 0 Å². The third-order valence-corrected chi connectivity index (χ3v) is 4.17. The highest BCUT2D eigenvalue weighted by molar-refractivity contribution is 7.99. The molecule has 0 bridgehead atoms. The van der Waals surface area contributed by atoms with Crippen molar-refractivity contribution >= 4 is 11.8 Å². The van der Waals surface area contributed by atoms with Gasteiger partial charge in [0.25, 0.3) is 5.56 Å². The zero-order valence-corrected chi connectivity index (χ0v) is 13.0. The maximum atomic E-state index is 11.6. The zero-order valence-electron chi connectivity index (χ0n) is 12.2. The van der Waals surface area contributed by atoms with Crippen molar-refractivity contribution in [2.24, 2.45) is 0 Å². The van der Waals surface area contributed by atoms with Crippen molar-refractivity contribution < 1.29 is 0 Å². The van der Waals surface area contributed by atoms with Gasteiger partial charge in [-0.1, -0.05) is 30.0 Å². The molecule has 0 amide bonds. The average molecular weight is 313 g/mol. The number of thioether (sulfide) groups is 1. The normalized spacial score (nSPS) is 12.3. The average Bonchev–Trinajstić information content (AvgIpc) is 2.95. The van der Waals surface area contributed by atoms with E-state index >= 15 is 0 Å². The first-order valence-electron chi connectivity index (χ1n) is 6.83. The van der Waals surface area contributed by atoms with Gasteiger partial charge in [-0.25, -0.2) is 4.98 Å². The Bertz CT molecular complexity index is 827. The minimum Gasteiger partial charge on any atom is -0.310 e. The molecule has 3 aromatic rings. The molecule has 0 aliphatic rings. The fourth-order valence-corrected chi connectivity index (χ4v) is 2.98. The summed E-state index contributed by atoms with van der Waals surface area (Å²) in [6.45, 7) is 3.79. The molecule has 0 radical (unpaired) electrons. The van der Waals surface area contributed by atoms with E-state index in [0.29, 0.717) is 11.5 Å². The Hall–Kier alpha value is -2.41. The van der Waals surface area contributed by atoms with Crippen LogP contribution in [-0.4, -0.2) is 24.7 Å². The van der Waals surface area contributed by atoms with Gasteiger partial charge in [0.15, 0.2) is 5.16 Å². The fourth-order valence-electron chi connectivity index (χ4n) is 2.08. The van der Waals surface area contributed by atoms with Crippen LogP contribution in [0.3, 0.4) is 0 Å². The molecule has 0 spiro atoms. The quantitative estimate of drug-likeness (QED) is 0.749. The van der Waals surface area contributed by atoms with Crippen molar-refractivity contribution in [1.82, 2.24) is 24.7 Å². The topological polar surface area (TPSA) is 76.5 Å². The molecule has 1 N–H and O–H groups in total. The highest BCUT2D eigenvalue weighted by Gasteiger charge is 2.15. The Kier molecular flexibility index (Phi) is 4.06. The Morgan fingerprint density at radius 1 is 1.27 bits per heavy atom. The number of rotatable bonds is 4. The molecule has 1 aromatic carbocycles.